The van der Waals surface area contributed by atoms with Crippen LogP contribution in [0.1, 0.15) is 53.6 Å². The van der Waals surface area contributed by atoms with Gasteiger partial charge in [0.2, 0.25) is 11.8 Å². The molecule has 4 rings (SSSR count). The van der Waals surface area contributed by atoms with Crippen LogP contribution in [0.3, 0.4) is 0 Å². The number of nitrogens with one attached hydrogen (secondary N) is 1. The molecule has 0 atom stereocenters. The first-order valence-corrected chi connectivity index (χ1v) is 12.0. The Bertz CT molecular complexity index is 977. The second kappa shape index (κ2) is 10.6. The Morgan fingerprint density at radius 2 is 1.67 bits per heavy atom. The van der Waals surface area contributed by atoms with Crippen LogP contribution in [-0.4, -0.2) is 48.8 Å². The molecule has 0 unspecified atom stereocenters. The van der Waals surface area contributed by atoms with E-state index in [9.17, 15) is 14.4 Å². The summed E-state index contributed by atoms with van der Waals surface area (Å²) < 4.78 is 0. The van der Waals surface area contributed by atoms with Gasteiger partial charge in [0.25, 0.3) is 5.91 Å². The minimum atomic E-state index is -0.268. The molecule has 0 aliphatic carbocycles. The fraction of sp³-hybridized carbons (Fsp3) is 0.444. The van der Waals surface area contributed by atoms with Crippen molar-refractivity contribution in [1.82, 2.24) is 10.2 Å². The maximum absolute atomic E-state index is 12.6. The van der Waals surface area contributed by atoms with Crippen LogP contribution < -0.4 is 10.2 Å². The van der Waals surface area contributed by atoms with E-state index in [1.165, 1.54) is 11.1 Å². The van der Waals surface area contributed by atoms with Crippen LogP contribution in [0.2, 0.25) is 0 Å². The molecule has 33 heavy (non-hydrogen) atoms. The van der Waals surface area contributed by atoms with E-state index in [1.54, 1.807) is 29.2 Å². The second-order valence-corrected chi connectivity index (χ2v) is 9.23. The van der Waals surface area contributed by atoms with E-state index in [2.05, 4.69) is 36.5 Å². The van der Waals surface area contributed by atoms with Gasteiger partial charge in [-0.15, -0.1) is 0 Å². The largest absolute Gasteiger partial charge is 0.343 e. The molecule has 0 aromatic heterocycles. The van der Waals surface area contributed by atoms with E-state index in [-0.39, 0.29) is 24.3 Å². The van der Waals surface area contributed by atoms with Gasteiger partial charge in [-0.1, -0.05) is 29.8 Å². The third-order valence-electron chi connectivity index (χ3n) is 6.84. The molecule has 2 saturated heterocycles. The molecule has 6 heteroatoms. The van der Waals surface area contributed by atoms with Gasteiger partial charge in [-0.25, -0.2) is 0 Å². The van der Waals surface area contributed by atoms with Gasteiger partial charge < -0.3 is 15.1 Å². The molecular weight excluding hydrogens is 414 g/mol. The van der Waals surface area contributed by atoms with E-state index >= 15 is 0 Å². The number of carbonyl (C=O) groups is 3. The third-order valence-corrected chi connectivity index (χ3v) is 6.84. The smallest absolute Gasteiger partial charge is 0.251 e. The third kappa shape index (κ3) is 6.01. The highest BCUT2D eigenvalue weighted by Crippen LogP contribution is 2.23. The first-order valence-electron chi connectivity index (χ1n) is 12.0. The Labute approximate surface area is 196 Å². The lowest BCUT2D eigenvalue weighted by atomic mass is 9.90. The lowest BCUT2D eigenvalue weighted by molar-refractivity contribution is -0.131. The summed E-state index contributed by atoms with van der Waals surface area (Å²) in [5.41, 5.74) is 3.97. The molecule has 2 aromatic carbocycles. The van der Waals surface area contributed by atoms with Crippen LogP contribution >= 0.6 is 0 Å². The van der Waals surface area contributed by atoms with Gasteiger partial charge in [0.1, 0.15) is 0 Å². The lowest BCUT2D eigenvalue weighted by Gasteiger charge is -2.32. The van der Waals surface area contributed by atoms with Crippen molar-refractivity contribution < 1.29 is 14.4 Å². The van der Waals surface area contributed by atoms with Crippen molar-refractivity contribution in [1.29, 1.82) is 0 Å². The monoisotopic (exact) mass is 447 g/mol. The minimum absolute atomic E-state index is 0.0131. The number of hydrogen-bond acceptors (Lipinski definition) is 3. The number of carbonyl (C=O) groups excluding carboxylic acids is 3. The SMILES string of the molecule is Cc1ccc(CCC2CCN(C(=O)CNC(=O)c3ccc(N4CCCC4=O)cc3)CC2)cc1. The summed E-state index contributed by atoms with van der Waals surface area (Å²) in [6, 6.07) is 15.7. The van der Waals surface area contributed by atoms with Crippen LogP contribution in [-0.2, 0) is 16.0 Å². The molecule has 2 aliphatic heterocycles. The number of benzene rings is 2. The predicted molar refractivity (Wildman–Crippen MR) is 129 cm³/mol. The standard InChI is InChI=1S/C27H33N3O3/c1-20-4-6-21(7-5-20)8-9-22-14-17-29(18-15-22)26(32)19-28-27(33)23-10-12-24(13-11-23)30-16-2-3-25(30)31/h4-7,10-13,22H,2-3,8-9,14-19H2,1H3,(H,28,33). The highest BCUT2D eigenvalue weighted by atomic mass is 16.2. The fourth-order valence-electron chi connectivity index (χ4n) is 4.68. The molecule has 174 valence electrons. The average Bonchev–Trinajstić information content (AvgIpc) is 3.28. The molecule has 2 fully saturated rings. The predicted octanol–water partition coefficient (Wildman–Crippen LogP) is 3.72. The summed E-state index contributed by atoms with van der Waals surface area (Å²) >= 11 is 0. The first-order chi connectivity index (χ1) is 16.0. The Morgan fingerprint density at radius 3 is 2.30 bits per heavy atom. The van der Waals surface area contributed by atoms with Crippen LogP contribution in [0.15, 0.2) is 48.5 Å². The Morgan fingerprint density at radius 1 is 0.970 bits per heavy atom. The number of anilines is 1. The van der Waals surface area contributed by atoms with Crippen LogP contribution in [0, 0.1) is 12.8 Å². The lowest BCUT2D eigenvalue weighted by Crippen LogP contribution is -2.44. The highest BCUT2D eigenvalue weighted by molar-refractivity contribution is 5.98. The van der Waals surface area contributed by atoms with Crippen molar-refractivity contribution in [3.05, 3.63) is 65.2 Å². The van der Waals surface area contributed by atoms with Crippen LogP contribution in [0.25, 0.3) is 0 Å². The summed E-state index contributed by atoms with van der Waals surface area (Å²) in [4.78, 5) is 40.5. The van der Waals surface area contributed by atoms with E-state index in [4.69, 9.17) is 0 Å². The van der Waals surface area contributed by atoms with Crippen molar-refractivity contribution >= 4 is 23.4 Å². The van der Waals surface area contributed by atoms with E-state index in [0.717, 1.165) is 57.4 Å². The Balaban J connectivity index is 1.18. The van der Waals surface area contributed by atoms with Gasteiger partial charge in [-0.05, 0) is 74.8 Å². The van der Waals surface area contributed by atoms with Crippen molar-refractivity contribution in [2.24, 2.45) is 5.92 Å². The van der Waals surface area contributed by atoms with Crippen molar-refractivity contribution in [3.8, 4) is 0 Å². The molecule has 1 N–H and O–H groups in total. The highest BCUT2D eigenvalue weighted by Gasteiger charge is 2.24. The molecule has 0 saturated carbocycles. The second-order valence-electron chi connectivity index (χ2n) is 9.23. The summed E-state index contributed by atoms with van der Waals surface area (Å²) in [6.45, 7) is 4.35. The van der Waals surface area contributed by atoms with E-state index < -0.39 is 0 Å². The van der Waals surface area contributed by atoms with Crippen molar-refractivity contribution in [3.63, 3.8) is 0 Å². The zero-order valence-electron chi connectivity index (χ0n) is 19.4. The molecular formula is C27H33N3O3. The summed E-state index contributed by atoms with van der Waals surface area (Å²) in [7, 11) is 0. The van der Waals surface area contributed by atoms with Gasteiger partial charge >= 0.3 is 0 Å². The topological polar surface area (TPSA) is 69.7 Å². The Kier molecular flexibility index (Phi) is 7.43. The van der Waals surface area contributed by atoms with Gasteiger partial charge in [-0.3, -0.25) is 14.4 Å². The van der Waals surface area contributed by atoms with Crippen molar-refractivity contribution in [2.45, 2.75) is 45.4 Å². The number of hydrogen-bond donors (Lipinski definition) is 1. The molecule has 0 spiro atoms. The summed E-state index contributed by atoms with van der Waals surface area (Å²) in [5.74, 6) is 0.470. The zero-order valence-corrected chi connectivity index (χ0v) is 19.4. The number of amides is 3. The number of piperidine rings is 1. The molecule has 2 aromatic rings. The van der Waals surface area contributed by atoms with Gasteiger partial charge in [-0.2, -0.15) is 0 Å². The molecule has 6 nitrogen and oxygen atoms in total. The maximum atomic E-state index is 12.6. The minimum Gasteiger partial charge on any atom is -0.343 e. The zero-order chi connectivity index (χ0) is 23.2. The number of aryl methyl sites for hydroxylation is 2. The van der Waals surface area contributed by atoms with Crippen LogP contribution in [0.5, 0.6) is 0 Å². The number of likely N-dealkylation sites (tertiary alicyclic amines) is 1. The van der Waals surface area contributed by atoms with Gasteiger partial charge in [0.05, 0.1) is 6.54 Å². The van der Waals surface area contributed by atoms with Crippen LogP contribution in [0.4, 0.5) is 5.69 Å². The van der Waals surface area contributed by atoms with Crippen molar-refractivity contribution in [2.75, 3.05) is 31.1 Å². The normalized spacial score (nSPS) is 16.8. The molecule has 2 aliphatic rings. The summed E-state index contributed by atoms with van der Waals surface area (Å²) in [5, 5.41) is 2.75. The van der Waals surface area contributed by atoms with Gasteiger partial charge in [0.15, 0.2) is 0 Å². The molecule has 2 heterocycles. The van der Waals surface area contributed by atoms with Gasteiger partial charge in [0, 0.05) is 37.3 Å². The Hall–Kier alpha value is -3.15. The number of rotatable bonds is 7. The van der Waals surface area contributed by atoms with E-state index in [0.29, 0.717) is 17.9 Å². The summed E-state index contributed by atoms with van der Waals surface area (Å²) in [6.07, 6.45) is 5.71. The first kappa shape index (κ1) is 23.0. The average molecular weight is 448 g/mol. The molecule has 0 radical (unpaired) electrons. The van der Waals surface area contributed by atoms with E-state index in [1.807, 2.05) is 4.90 Å². The molecule has 3 amide bonds. The molecule has 0 bridgehead atoms. The fourth-order valence-corrected chi connectivity index (χ4v) is 4.68. The maximum Gasteiger partial charge on any atom is 0.251 e. The number of nitrogens with zero attached hydrogens (tertiary/aromatic N) is 2. The quantitative estimate of drug-likeness (QED) is 0.703.